The highest BCUT2D eigenvalue weighted by molar-refractivity contribution is 7.92. The van der Waals surface area contributed by atoms with Gasteiger partial charge in [-0.15, -0.1) is 0 Å². The summed E-state index contributed by atoms with van der Waals surface area (Å²) in [5.41, 5.74) is 3.90. The molecule has 0 aromatic heterocycles. The Morgan fingerprint density at radius 3 is 1.96 bits per heavy atom. The maximum atomic E-state index is 14.6. The first-order valence-corrected chi connectivity index (χ1v) is 16.9. The Bertz CT molecular complexity index is 1660. The zero-order valence-corrected chi connectivity index (χ0v) is 27.3. The SMILES string of the molecule is CCc1ccccc1N(CC(=O)N(Cc1ccccc1)[C@@H](Cc1ccccc1)C(=O)NCC(C)C)S(=O)(=O)c1ccc(C)cc1. The van der Waals surface area contributed by atoms with E-state index in [2.05, 4.69) is 5.32 Å². The Balaban J connectivity index is 1.81. The number of anilines is 1. The summed E-state index contributed by atoms with van der Waals surface area (Å²) in [4.78, 5) is 30.1. The number of hydrogen-bond acceptors (Lipinski definition) is 4. The van der Waals surface area contributed by atoms with Gasteiger partial charge in [-0.2, -0.15) is 0 Å². The maximum Gasteiger partial charge on any atom is 0.264 e. The van der Waals surface area contributed by atoms with Crippen LogP contribution in [0.15, 0.2) is 114 Å². The van der Waals surface area contributed by atoms with E-state index >= 15 is 0 Å². The summed E-state index contributed by atoms with van der Waals surface area (Å²) in [5, 5.41) is 3.02. The predicted molar refractivity (Wildman–Crippen MR) is 180 cm³/mol. The van der Waals surface area contributed by atoms with Crippen molar-refractivity contribution in [1.29, 1.82) is 0 Å². The lowest BCUT2D eigenvalue weighted by Gasteiger charge is -2.34. The second-order valence-electron chi connectivity index (χ2n) is 11.7. The average Bonchev–Trinajstić information content (AvgIpc) is 3.05. The number of para-hydroxylation sites is 1. The van der Waals surface area contributed by atoms with Crippen LogP contribution in [-0.2, 0) is 39.0 Å². The monoisotopic (exact) mass is 625 g/mol. The molecule has 0 spiro atoms. The maximum absolute atomic E-state index is 14.6. The largest absolute Gasteiger partial charge is 0.354 e. The van der Waals surface area contributed by atoms with Crippen molar-refractivity contribution in [3.05, 3.63) is 131 Å². The van der Waals surface area contributed by atoms with E-state index in [1.807, 2.05) is 100 Å². The van der Waals surface area contributed by atoms with Crippen LogP contribution in [0.25, 0.3) is 0 Å². The summed E-state index contributed by atoms with van der Waals surface area (Å²) < 4.78 is 29.8. The van der Waals surface area contributed by atoms with Gasteiger partial charge in [-0.05, 0) is 54.2 Å². The molecule has 1 atom stereocenters. The van der Waals surface area contributed by atoms with E-state index < -0.39 is 28.5 Å². The van der Waals surface area contributed by atoms with Crippen molar-refractivity contribution in [3.8, 4) is 0 Å². The second kappa shape index (κ2) is 15.5. The van der Waals surface area contributed by atoms with Gasteiger partial charge in [-0.1, -0.05) is 117 Å². The molecular weight excluding hydrogens is 582 g/mol. The third-order valence-electron chi connectivity index (χ3n) is 7.68. The third-order valence-corrected chi connectivity index (χ3v) is 9.45. The highest BCUT2D eigenvalue weighted by Gasteiger charge is 2.35. The van der Waals surface area contributed by atoms with Crippen molar-refractivity contribution in [3.63, 3.8) is 0 Å². The van der Waals surface area contributed by atoms with Gasteiger partial charge in [-0.3, -0.25) is 13.9 Å². The van der Waals surface area contributed by atoms with Gasteiger partial charge in [0, 0.05) is 19.5 Å². The first-order valence-electron chi connectivity index (χ1n) is 15.4. The number of aryl methyl sites for hydroxylation is 2. The Kier molecular flexibility index (Phi) is 11.5. The van der Waals surface area contributed by atoms with Gasteiger partial charge < -0.3 is 10.2 Å². The number of amides is 2. The van der Waals surface area contributed by atoms with E-state index in [-0.39, 0.29) is 29.7 Å². The minimum Gasteiger partial charge on any atom is -0.354 e. The topological polar surface area (TPSA) is 86.8 Å². The summed E-state index contributed by atoms with van der Waals surface area (Å²) in [5.74, 6) is -0.537. The molecular formula is C37H43N3O4S. The van der Waals surface area contributed by atoms with E-state index in [9.17, 15) is 18.0 Å². The summed E-state index contributed by atoms with van der Waals surface area (Å²) in [6.45, 7) is 7.99. The molecule has 0 saturated carbocycles. The zero-order valence-electron chi connectivity index (χ0n) is 26.5. The molecule has 0 aliphatic heterocycles. The smallest absolute Gasteiger partial charge is 0.264 e. The van der Waals surface area contributed by atoms with Gasteiger partial charge in [0.05, 0.1) is 10.6 Å². The number of carbonyl (C=O) groups is 2. The molecule has 0 saturated heterocycles. The van der Waals surface area contributed by atoms with Gasteiger partial charge >= 0.3 is 0 Å². The number of sulfonamides is 1. The van der Waals surface area contributed by atoms with Crippen LogP contribution in [0.4, 0.5) is 5.69 Å². The number of rotatable bonds is 14. The Labute approximate surface area is 268 Å². The lowest BCUT2D eigenvalue weighted by atomic mass is 10.0. The molecule has 4 rings (SSSR count). The molecule has 2 amide bonds. The summed E-state index contributed by atoms with van der Waals surface area (Å²) in [6, 6.07) is 32.0. The van der Waals surface area contributed by atoms with Gasteiger partial charge in [0.1, 0.15) is 12.6 Å². The number of nitrogens with zero attached hydrogens (tertiary/aromatic N) is 2. The van der Waals surface area contributed by atoms with Crippen molar-refractivity contribution >= 4 is 27.5 Å². The molecule has 8 heteroatoms. The van der Waals surface area contributed by atoms with Crippen LogP contribution in [0.3, 0.4) is 0 Å². The Morgan fingerprint density at radius 2 is 1.36 bits per heavy atom. The third kappa shape index (κ3) is 8.82. The fraction of sp³-hybridized carbons (Fsp3) is 0.297. The number of nitrogens with one attached hydrogen (secondary N) is 1. The fourth-order valence-corrected chi connectivity index (χ4v) is 6.61. The van der Waals surface area contributed by atoms with Crippen LogP contribution >= 0.6 is 0 Å². The minimum atomic E-state index is -4.15. The van der Waals surface area contributed by atoms with Crippen LogP contribution in [0.5, 0.6) is 0 Å². The molecule has 45 heavy (non-hydrogen) atoms. The minimum absolute atomic E-state index is 0.0944. The van der Waals surface area contributed by atoms with Crippen LogP contribution in [0, 0.1) is 12.8 Å². The normalized spacial score (nSPS) is 12.0. The number of benzene rings is 4. The first kappa shape index (κ1) is 33.5. The van der Waals surface area contributed by atoms with E-state index in [1.54, 1.807) is 36.4 Å². The molecule has 236 valence electrons. The molecule has 7 nitrogen and oxygen atoms in total. The molecule has 0 radical (unpaired) electrons. The summed E-state index contributed by atoms with van der Waals surface area (Å²) in [7, 11) is -4.15. The number of carbonyl (C=O) groups excluding carboxylic acids is 2. The highest BCUT2D eigenvalue weighted by atomic mass is 32.2. The van der Waals surface area contributed by atoms with Gasteiger partial charge in [0.25, 0.3) is 10.0 Å². The second-order valence-corrected chi connectivity index (χ2v) is 13.5. The van der Waals surface area contributed by atoms with Crippen LogP contribution < -0.4 is 9.62 Å². The average molecular weight is 626 g/mol. The van der Waals surface area contributed by atoms with Crippen LogP contribution in [-0.4, -0.2) is 44.3 Å². The fourth-order valence-electron chi connectivity index (χ4n) is 5.16. The molecule has 0 unspecified atom stereocenters. The molecule has 1 N–H and O–H groups in total. The quantitative estimate of drug-likeness (QED) is 0.182. The number of hydrogen-bond donors (Lipinski definition) is 1. The summed E-state index contributed by atoms with van der Waals surface area (Å²) >= 11 is 0. The van der Waals surface area contributed by atoms with Gasteiger partial charge in [-0.25, -0.2) is 8.42 Å². The van der Waals surface area contributed by atoms with Crippen molar-refractivity contribution < 1.29 is 18.0 Å². The van der Waals surface area contributed by atoms with Crippen molar-refractivity contribution in [2.45, 2.75) is 58.0 Å². The Morgan fingerprint density at radius 1 is 0.778 bits per heavy atom. The van der Waals surface area contributed by atoms with Crippen LogP contribution in [0.2, 0.25) is 0 Å². The molecule has 0 fully saturated rings. The lowest BCUT2D eigenvalue weighted by molar-refractivity contribution is -0.140. The Hall–Kier alpha value is -4.43. The van der Waals surface area contributed by atoms with E-state index in [0.717, 1.165) is 22.3 Å². The predicted octanol–water partition coefficient (Wildman–Crippen LogP) is 6.17. The molecule has 0 heterocycles. The van der Waals surface area contributed by atoms with E-state index in [4.69, 9.17) is 0 Å². The molecule has 0 bridgehead atoms. The summed E-state index contributed by atoms with van der Waals surface area (Å²) in [6.07, 6.45) is 0.853. The van der Waals surface area contributed by atoms with Crippen LogP contribution in [0.1, 0.15) is 43.0 Å². The molecule has 4 aromatic carbocycles. The zero-order chi connectivity index (χ0) is 32.4. The van der Waals surface area contributed by atoms with Crippen molar-refractivity contribution in [1.82, 2.24) is 10.2 Å². The first-order chi connectivity index (χ1) is 21.6. The standard InChI is InChI=1S/C37H43N3O4S/c1-5-32-18-12-13-19-34(32)40(45(43,44)33-22-20-29(4)21-23-33)27-36(41)39(26-31-16-10-7-11-17-31)35(37(42)38-25-28(2)3)24-30-14-8-6-9-15-30/h6-23,28,35H,5,24-27H2,1-4H3,(H,38,42)/t35-/m0/s1. The van der Waals surface area contributed by atoms with E-state index in [1.165, 1.54) is 9.21 Å². The molecule has 0 aliphatic carbocycles. The van der Waals surface area contributed by atoms with Crippen molar-refractivity contribution in [2.75, 3.05) is 17.4 Å². The highest BCUT2D eigenvalue weighted by Crippen LogP contribution is 2.28. The molecule has 0 aliphatic rings. The van der Waals surface area contributed by atoms with Crippen molar-refractivity contribution in [2.24, 2.45) is 5.92 Å². The van der Waals surface area contributed by atoms with Gasteiger partial charge in [0.2, 0.25) is 11.8 Å². The van der Waals surface area contributed by atoms with E-state index in [0.29, 0.717) is 18.7 Å². The lowest BCUT2D eigenvalue weighted by Crippen LogP contribution is -2.53. The molecule has 4 aromatic rings. The van der Waals surface area contributed by atoms with Gasteiger partial charge in [0.15, 0.2) is 0 Å².